The quantitative estimate of drug-likeness (QED) is 0.566. The summed E-state index contributed by atoms with van der Waals surface area (Å²) in [6, 6.07) is 14.9. The van der Waals surface area contributed by atoms with Crippen LogP contribution in [0.3, 0.4) is 0 Å². The lowest BCUT2D eigenvalue weighted by Crippen LogP contribution is -2.32. The molecule has 0 bridgehead atoms. The number of H-pyrrole nitrogens is 1. The first kappa shape index (κ1) is 18.5. The summed E-state index contributed by atoms with van der Waals surface area (Å²) in [5, 5.41) is 8.60. The van der Waals surface area contributed by atoms with Gasteiger partial charge in [-0.15, -0.1) is 5.10 Å². The number of carbonyl (C=O) groups is 1. The maximum atomic E-state index is 12.9. The number of amides is 1. The van der Waals surface area contributed by atoms with Crippen LogP contribution in [0, 0.1) is 6.92 Å². The number of carbonyl (C=O) groups excluding carboxylic acids is 1. The molecule has 8 nitrogen and oxygen atoms in total. The summed E-state index contributed by atoms with van der Waals surface area (Å²) in [5.41, 5.74) is 2.57. The average molecular weight is 388 g/mol. The predicted molar refractivity (Wildman–Crippen MR) is 109 cm³/mol. The van der Waals surface area contributed by atoms with Crippen molar-refractivity contribution in [3.05, 3.63) is 82.2 Å². The highest BCUT2D eigenvalue weighted by Crippen LogP contribution is 2.12. The van der Waals surface area contributed by atoms with Crippen LogP contribution in [0.25, 0.3) is 16.6 Å². The number of hydrogen-bond donors (Lipinski definition) is 1. The topological polar surface area (TPSA) is 96.8 Å². The molecule has 4 rings (SSSR count). The summed E-state index contributed by atoms with van der Waals surface area (Å²) in [7, 11) is 0. The van der Waals surface area contributed by atoms with Gasteiger partial charge < -0.3 is 9.88 Å². The van der Waals surface area contributed by atoms with Gasteiger partial charge in [0.15, 0.2) is 5.69 Å². The first-order valence-corrected chi connectivity index (χ1v) is 9.31. The predicted octanol–water partition coefficient (Wildman–Crippen LogP) is 2.47. The van der Waals surface area contributed by atoms with Crippen molar-refractivity contribution >= 4 is 16.8 Å². The van der Waals surface area contributed by atoms with Crippen molar-refractivity contribution in [3.63, 3.8) is 0 Å². The molecule has 1 amide bonds. The monoisotopic (exact) mass is 388 g/mol. The fraction of sp³-hybridized carbons (Fsp3) is 0.190. The van der Waals surface area contributed by atoms with E-state index in [0.717, 1.165) is 11.3 Å². The van der Waals surface area contributed by atoms with Gasteiger partial charge in [0, 0.05) is 6.54 Å². The normalized spacial score (nSPS) is 11.0. The van der Waals surface area contributed by atoms with Crippen molar-refractivity contribution in [2.45, 2.75) is 20.4 Å². The third-order valence-corrected chi connectivity index (χ3v) is 4.68. The van der Waals surface area contributed by atoms with Crippen molar-refractivity contribution in [1.29, 1.82) is 0 Å². The molecule has 2 aromatic carbocycles. The largest absolute Gasteiger partial charge is 0.330 e. The molecule has 0 atom stereocenters. The average Bonchev–Trinajstić information content (AvgIpc) is 3.22. The van der Waals surface area contributed by atoms with Gasteiger partial charge >= 0.3 is 0 Å². The smallest absolute Gasteiger partial charge is 0.276 e. The molecule has 29 heavy (non-hydrogen) atoms. The molecule has 0 radical (unpaired) electrons. The van der Waals surface area contributed by atoms with Gasteiger partial charge in [-0.2, -0.15) is 0 Å². The lowest BCUT2D eigenvalue weighted by molar-refractivity contribution is 0.0742. The first-order chi connectivity index (χ1) is 14.0. The summed E-state index contributed by atoms with van der Waals surface area (Å²) in [4.78, 5) is 34.0. The van der Waals surface area contributed by atoms with Gasteiger partial charge in [-0.3, -0.25) is 9.59 Å². The molecule has 0 saturated heterocycles. The molecule has 0 spiro atoms. The molecule has 2 aromatic heterocycles. The second kappa shape index (κ2) is 7.67. The Morgan fingerprint density at radius 2 is 1.90 bits per heavy atom. The van der Waals surface area contributed by atoms with Crippen molar-refractivity contribution in [2.75, 3.05) is 6.54 Å². The fourth-order valence-electron chi connectivity index (χ4n) is 3.07. The van der Waals surface area contributed by atoms with Crippen LogP contribution in [0.15, 0.2) is 59.5 Å². The van der Waals surface area contributed by atoms with Gasteiger partial charge in [0.05, 0.1) is 29.3 Å². The van der Waals surface area contributed by atoms with Crippen LogP contribution in [0.4, 0.5) is 0 Å². The molecular weight excluding hydrogens is 368 g/mol. The molecule has 0 unspecified atom stereocenters. The van der Waals surface area contributed by atoms with E-state index in [9.17, 15) is 9.59 Å². The van der Waals surface area contributed by atoms with E-state index in [4.69, 9.17) is 0 Å². The summed E-state index contributed by atoms with van der Waals surface area (Å²) >= 11 is 0. The van der Waals surface area contributed by atoms with Gasteiger partial charge in [0.25, 0.3) is 11.5 Å². The van der Waals surface area contributed by atoms with E-state index in [1.54, 1.807) is 34.0 Å². The van der Waals surface area contributed by atoms with Gasteiger partial charge in [-0.1, -0.05) is 35.0 Å². The van der Waals surface area contributed by atoms with Gasteiger partial charge in [-0.25, -0.2) is 9.67 Å². The second-order valence-electron chi connectivity index (χ2n) is 6.73. The third-order valence-electron chi connectivity index (χ3n) is 4.68. The maximum Gasteiger partial charge on any atom is 0.276 e. The molecule has 2 heterocycles. The lowest BCUT2D eigenvalue weighted by Gasteiger charge is -2.19. The Balaban J connectivity index is 1.57. The molecule has 0 aliphatic carbocycles. The van der Waals surface area contributed by atoms with Crippen molar-refractivity contribution in [2.24, 2.45) is 0 Å². The fourth-order valence-corrected chi connectivity index (χ4v) is 3.07. The Morgan fingerprint density at radius 1 is 1.14 bits per heavy atom. The summed E-state index contributed by atoms with van der Waals surface area (Å²) in [5.74, 6) is 0.150. The van der Waals surface area contributed by atoms with E-state index >= 15 is 0 Å². The van der Waals surface area contributed by atoms with Crippen LogP contribution >= 0.6 is 0 Å². The van der Waals surface area contributed by atoms with Crippen molar-refractivity contribution in [1.82, 2.24) is 29.9 Å². The first-order valence-electron chi connectivity index (χ1n) is 9.31. The van der Waals surface area contributed by atoms with E-state index in [-0.39, 0.29) is 23.7 Å². The zero-order chi connectivity index (χ0) is 20.4. The van der Waals surface area contributed by atoms with Crippen molar-refractivity contribution in [3.8, 4) is 5.69 Å². The molecule has 4 aromatic rings. The molecule has 0 fully saturated rings. The minimum absolute atomic E-state index is 0.173. The number of nitrogens with zero attached hydrogens (tertiary/aromatic N) is 5. The van der Waals surface area contributed by atoms with Crippen LogP contribution in [-0.4, -0.2) is 42.3 Å². The van der Waals surface area contributed by atoms with Gasteiger partial charge in [-0.05, 0) is 38.1 Å². The SMILES string of the molecule is CCN(Cc1nc2ccccc2c(=O)[nH]1)C(=O)c1cn(-c2ccc(C)cc2)nn1. The molecule has 0 saturated carbocycles. The summed E-state index contributed by atoms with van der Waals surface area (Å²) in [6.45, 7) is 4.48. The van der Waals surface area contributed by atoms with E-state index in [2.05, 4.69) is 20.3 Å². The van der Waals surface area contributed by atoms with E-state index in [1.807, 2.05) is 44.2 Å². The summed E-state index contributed by atoms with van der Waals surface area (Å²) < 4.78 is 1.57. The lowest BCUT2D eigenvalue weighted by atomic mass is 10.2. The second-order valence-corrected chi connectivity index (χ2v) is 6.73. The van der Waals surface area contributed by atoms with E-state index < -0.39 is 0 Å². The zero-order valence-electron chi connectivity index (χ0n) is 16.2. The standard InChI is InChI=1S/C21H20N6O2/c1-3-26(13-19-22-17-7-5-4-6-16(17)20(28)23-19)21(29)18-12-27(25-24-18)15-10-8-14(2)9-11-15/h4-12H,3,13H2,1-2H3,(H,22,23,28). The number of nitrogens with one attached hydrogen (secondary N) is 1. The van der Waals surface area contributed by atoms with Crippen LogP contribution in [0.2, 0.25) is 0 Å². The highest BCUT2D eigenvalue weighted by Gasteiger charge is 2.19. The van der Waals surface area contributed by atoms with Crippen LogP contribution in [-0.2, 0) is 6.54 Å². The van der Waals surface area contributed by atoms with Crippen molar-refractivity contribution < 1.29 is 4.79 Å². The molecule has 1 N–H and O–H groups in total. The Labute approximate surface area is 166 Å². The van der Waals surface area contributed by atoms with Crippen LogP contribution < -0.4 is 5.56 Å². The Morgan fingerprint density at radius 3 is 2.66 bits per heavy atom. The number of aromatic amines is 1. The number of para-hydroxylation sites is 1. The molecular formula is C21H20N6O2. The molecule has 8 heteroatoms. The molecule has 0 aliphatic heterocycles. The van der Waals surface area contributed by atoms with Gasteiger partial charge in [0.1, 0.15) is 5.82 Å². The summed E-state index contributed by atoms with van der Waals surface area (Å²) in [6.07, 6.45) is 1.60. The highest BCUT2D eigenvalue weighted by atomic mass is 16.2. The number of hydrogen-bond acceptors (Lipinski definition) is 5. The Hall–Kier alpha value is -3.81. The maximum absolute atomic E-state index is 12.9. The third kappa shape index (κ3) is 3.77. The number of benzene rings is 2. The van der Waals surface area contributed by atoms with Crippen LogP contribution in [0.5, 0.6) is 0 Å². The Bertz CT molecular complexity index is 1230. The molecule has 146 valence electrons. The molecule has 0 aliphatic rings. The Kier molecular flexibility index (Phi) is 4.90. The van der Waals surface area contributed by atoms with E-state index in [1.165, 1.54) is 0 Å². The minimum atomic E-state index is -0.276. The highest BCUT2D eigenvalue weighted by molar-refractivity contribution is 5.92. The van der Waals surface area contributed by atoms with Gasteiger partial charge in [0.2, 0.25) is 0 Å². The number of rotatable bonds is 5. The number of fused-ring (bicyclic) bond motifs is 1. The van der Waals surface area contributed by atoms with Crippen LogP contribution in [0.1, 0.15) is 28.8 Å². The minimum Gasteiger partial charge on any atom is -0.330 e. The zero-order valence-corrected chi connectivity index (χ0v) is 16.2. The number of aryl methyl sites for hydroxylation is 1. The number of aromatic nitrogens is 5. The van der Waals surface area contributed by atoms with E-state index in [0.29, 0.717) is 23.3 Å².